The van der Waals surface area contributed by atoms with Gasteiger partial charge in [0.1, 0.15) is 0 Å². The number of nitroso groups, excluding NO2 is 1. The maximum atomic E-state index is 11.4. The maximum Gasteiger partial charge on any atom is 0.418 e. The predicted molar refractivity (Wildman–Crippen MR) is 85.0 cm³/mol. The quantitative estimate of drug-likeness (QED) is 0.366. The molecule has 3 fully saturated rings. The fourth-order valence-electron chi connectivity index (χ4n) is 2.93. The van der Waals surface area contributed by atoms with Crippen LogP contribution in [0.15, 0.2) is 5.29 Å². The highest BCUT2D eigenvalue weighted by Gasteiger charge is 2.42. The number of urea groups is 1. The predicted octanol–water partition coefficient (Wildman–Crippen LogP) is -0.0960. The van der Waals surface area contributed by atoms with E-state index in [2.05, 4.69) is 14.9 Å². The van der Waals surface area contributed by atoms with E-state index in [1.54, 1.807) is 0 Å². The van der Waals surface area contributed by atoms with Gasteiger partial charge in [0.2, 0.25) is 0 Å². The number of rotatable bonds is 6. The highest BCUT2D eigenvalue weighted by atomic mass is 32.3. The number of hydrogen-bond acceptors (Lipinski definition) is 8. The number of nitrogens with zero attached hydrogens (tertiary/aromatic N) is 4. The first kappa shape index (κ1) is 19.8. The molecule has 0 aromatic heterocycles. The van der Waals surface area contributed by atoms with Crippen LogP contribution in [0.3, 0.4) is 0 Å². The molecule has 0 aliphatic carbocycles. The second-order valence-electron chi connectivity index (χ2n) is 5.99. The SMILES string of the molecule is CN(N=O)OCC1CCCN1.O=C1N2CCCC(C2)N1OS(=O)(=O)O. The minimum Gasteiger partial charge on any atom is -0.321 e. The van der Waals surface area contributed by atoms with Crippen molar-refractivity contribution in [2.75, 3.05) is 33.3 Å². The average Bonchev–Trinajstić information content (AvgIpc) is 3.16. The van der Waals surface area contributed by atoms with Crippen LogP contribution in [0.2, 0.25) is 0 Å². The molecule has 13 heteroatoms. The third-order valence-corrected chi connectivity index (χ3v) is 4.45. The van der Waals surface area contributed by atoms with Crippen molar-refractivity contribution in [2.24, 2.45) is 5.29 Å². The Kier molecular flexibility index (Phi) is 6.89. The van der Waals surface area contributed by atoms with Crippen LogP contribution in [0, 0.1) is 4.91 Å². The molecule has 2 bridgehead atoms. The zero-order valence-corrected chi connectivity index (χ0v) is 14.7. The largest absolute Gasteiger partial charge is 0.418 e. The van der Waals surface area contributed by atoms with E-state index in [1.807, 2.05) is 0 Å². The van der Waals surface area contributed by atoms with E-state index in [0.29, 0.717) is 32.2 Å². The Bertz CT molecular complexity index is 568. The number of amides is 2. The second kappa shape index (κ2) is 8.71. The highest BCUT2D eigenvalue weighted by molar-refractivity contribution is 7.80. The lowest BCUT2D eigenvalue weighted by atomic mass is 10.1. The molecule has 3 heterocycles. The van der Waals surface area contributed by atoms with Gasteiger partial charge in [0.15, 0.2) is 0 Å². The summed E-state index contributed by atoms with van der Waals surface area (Å²) in [6.07, 6.45) is 3.82. The van der Waals surface area contributed by atoms with Crippen molar-refractivity contribution in [2.45, 2.75) is 37.8 Å². The van der Waals surface area contributed by atoms with E-state index in [1.165, 1.54) is 18.4 Å². The van der Waals surface area contributed by atoms with Crippen molar-refractivity contribution in [1.29, 1.82) is 0 Å². The summed E-state index contributed by atoms with van der Waals surface area (Å²) in [5.41, 5.74) is 0. The van der Waals surface area contributed by atoms with Gasteiger partial charge < -0.3 is 10.2 Å². The Morgan fingerprint density at radius 3 is 2.72 bits per heavy atom. The van der Waals surface area contributed by atoms with E-state index >= 15 is 0 Å². The molecule has 3 rings (SSSR count). The van der Waals surface area contributed by atoms with Gasteiger partial charge >= 0.3 is 16.4 Å². The van der Waals surface area contributed by atoms with E-state index in [-0.39, 0.29) is 6.04 Å². The van der Waals surface area contributed by atoms with E-state index in [4.69, 9.17) is 9.39 Å². The molecule has 0 aromatic carbocycles. The van der Waals surface area contributed by atoms with Gasteiger partial charge in [0.25, 0.3) is 0 Å². The smallest absolute Gasteiger partial charge is 0.321 e. The monoisotopic (exact) mass is 381 g/mol. The molecule has 3 saturated heterocycles. The molecule has 12 nitrogen and oxygen atoms in total. The van der Waals surface area contributed by atoms with Gasteiger partial charge in [-0.25, -0.2) is 4.79 Å². The molecule has 144 valence electrons. The molecule has 25 heavy (non-hydrogen) atoms. The van der Waals surface area contributed by atoms with Crippen LogP contribution < -0.4 is 5.32 Å². The number of hydrogen-bond donors (Lipinski definition) is 2. The first-order chi connectivity index (χ1) is 11.8. The van der Waals surface area contributed by atoms with Crippen molar-refractivity contribution < 1.29 is 26.9 Å². The van der Waals surface area contributed by atoms with E-state index < -0.39 is 16.4 Å². The van der Waals surface area contributed by atoms with Crippen molar-refractivity contribution in [3.63, 3.8) is 0 Å². The summed E-state index contributed by atoms with van der Waals surface area (Å²) >= 11 is 0. The molecule has 2 N–H and O–H groups in total. The third kappa shape index (κ3) is 6.04. The molecule has 0 aromatic rings. The van der Waals surface area contributed by atoms with Gasteiger partial charge in [-0.1, -0.05) is 0 Å². The Hall–Kier alpha value is -1.54. The molecule has 0 spiro atoms. The third-order valence-electron chi connectivity index (χ3n) is 4.10. The fraction of sp³-hybridized carbons (Fsp3) is 0.917. The van der Waals surface area contributed by atoms with Crippen LogP contribution in [0.5, 0.6) is 0 Å². The molecular formula is C12H23N5O7S. The summed E-state index contributed by atoms with van der Waals surface area (Å²) in [4.78, 5) is 27.7. The number of carbonyl (C=O) groups excluding carboxylic acids is 1. The lowest BCUT2D eigenvalue weighted by Gasteiger charge is -2.20. The molecule has 0 saturated carbocycles. The molecule has 0 radical (unpaired) electrons. The van der Waals surface area contributed by atoms with Crippen LogP contribution in [-0.4, -0.2) is 79.5 Å². The van der Waals surface area contributed by atoms with Crippen LogP contribution in [0.1, 0.15) is 25.7 Å². The second-order valence-corrected chi connectivity index (χ2v) is 6.99. The maximum absolute atomic E-state index is 11.4. The molecule has 3 aliphatic rings. The Balaban J connectivity index is 0.000000186. The number of fused-ring (bicyclic) bond motifs is 2. The first-order valence-corrected chi connectivity index (χ1v) is 9.35. The van der Waals surface area contributed by atoms with Crippen molar-refractivity contribution in [3.8, 4) is 0 Å². The van der Waals surface area contributed by atoms with Gasteiger partial charge in [-0.2, -0.15) is 13.5 Å². The molecule has 2 unspecified atom stereocenters. The minimum absolute atomic E-state index is 0.266. The van der Waals surface area contributed by atoms with Gasteiger partial charge in [-0.05, 0) is 32.2 Å². The zero-order chi connectivity index (χ0) is 18.4. The highest BCUT2D eigenvalue weighted by Crippen LogP contribution is 2.26. The van der Waals surface area contributed by atoms with Gasteiger partial charge in [-0.3, -0.25) is 9.39 Å². The summed E-state index contributed by atoms with van der Waals surface area (Å²) in [6, 6.07) is -0.373. The number of piperidine rings is 1. The van der Waals surface area contributed by atoms with E-state index in [0.717, 1.165) is 29.6 Å². The zero-order valence-electron chi connectivity index (χ0n) is 13.9. The van der Waals surface area contributed by atoms with Crippen molar-refractivity contribution >= 4 is 16.4 Å². The molecule has 3 aliphatic heterocycles. The number of nitrogens with one attached hydrogen (secondary N) is 1. The molecule has 2 amide bonds. The van der Waals surface area contributed by atoms with Crippen LogP contribution in [0.4, 0.5) is 4.79 Å². The van der Waals surface area contributed by atoms with E-state index in [9.17, 15) is 18.1 Å². The molecule has 2 atom stereocenters. The van der Waals surface area contributed by atoms with Gasteiger partial charge in [-0.15, -0.1) is 14.4 Å². The number of carbonyl (C=O) groups is 1. The fourth-order valence-corrected chi connectivity index (χ4v) is 3.32. The topological polar surface area (TPSA) is 141 Å². The van der Waals surface area contributed by atoms with Gasteiger partial charge in [0.05, 0.1) is 25.0 Å². The van der Waals surface area contributed by atoms with Crippen molar-refractivity contribution in [1.82, 2.24) is 20.5 Å². The summed E-state index contributed by atoms with van der Waals surface area (Å²) in [5, 5.41) is 7.51. The number of hydroxylamine groups is 3. The Morgan fingerprint density at radius 2 is 2.16 bits per heavy atom. The minimum atomic E-state index is -4.60. The standard InChI is InChI=1S/C6H13N3O2.C6H10N2O5S/c1-9(8-10)11-5-6-3-2-4-7-6;9-6-7-3-1-2-5(4-7)8(6)13-14(10,11)12/h6-7H,2-5H2,1H3;5H,1-4H2,(H,10,11,12). The van der Waals surface area contributed by atoms with Crippen LogP contribution >= 0.6 is 0 Å². The van der Waals surface area contributed by atoms with Crippen LogP contribution in [0.25, 0.3) is 0 Å². The Labute approximate surface area is 145 Å². The lowest BCUT2D eigenvalue weighted by molar-refractivity contribution is -0.146. The summed E-state index contributed by atoms with van der Waals surface area (Å²) in [7, 11) is -3.11. The first-order valence-electron chi connectivity index (χ1n) is 7.98. The summed E-state index contributed by atoms with van der Waals surface area (Å²) in [6.45, 7) is 2.66. The summed E-state index contributed by atoms with van der Waals surface area (Å²) < 4.78 is 33.5. The lowest BCUT2D eigenvalue weighted by Crippen LogP contribution is -2.35. The van der Waals surface area contributed by atoms with Crippen molar-refractivity contribution in [3.05, 3.63) is 4.91 Å². The Morgan fingerprint density at radius 1 is 1.40 bits per heavy atom. The normalized spacial score (nSPS) is 25.6. The van der Waals surface area contributed by atoms with Gasteiger partial charge in [0, 0.05) is 19.1 Å². The summed E-state index contributed by atoms with van der Waals surface area (Å²) in [5.74, 6) is 0. The average molecular weight is 381 g/mol. The molecular weight excluding hydrogens is 358 g/mol. The van der Waals surface area contributed by atoms with Crippen LogP contribution in [-0.2, 0) is 19.5 Å².